The Hall–Kier alpha value is -1.70. The van der Waals surface area contributed by atoms with Crippen LogP contribution in [0.15, 0.2) is 47.4 Å². The van der Waals surface area contributed by atoms with Crippen LogP contribution in [0.25, 0.3) is 0 Å². The highest BCUT2D eigenvalue weighted by Crippen LogP contribution is 2.20. The Morgan fingerprint density at radius 3 is 2.67 bits per heavy atom. The van der Waals surface area contributed by atoms with Crippen molar-refractivity contribution in [2.75, 3.05) is 0 Å². The third-order valence-corrected chi connectivity index (χ3v) is 5.10. The third kappa shape index (κ3) is 2.72. The minimum absolute atomic E-state index is 0.0298. The number of hydrogen-bond acceptors (Lipinski definition) is 4. The van der Waals surface area contributed by atoms with Gasteiger partial charge < -0.3 is 9.68 Å². The molecule has 0 aliphatic carbocycles. The van der Waals surface area contributed by atoms with E-state index in [9.17, 15) is 17.8 Å². The van der Waals surface area contributed by atoms with Crippen molar-refractivity contribution in [3.8, 4) is 0 Å². The first-order chi connectivity index (χ1) is 9.97. The predicted molar refractivity (Wildman–Crippen MR) is 76.1 cm³/mol. The summed E-state index contributed by atoms with van der Waals surface area (Å²) in [6.45, 7) is 0.124. The number of hydrogen-bond donors (Lipinski definition) is 1. The maximum absolute atomic E-state index is 14.0. The molecule has 7 heteroatoms. The predicted octanol–water partition coefficient (Wildman–Crippen LogP) is 1.02. The van der Waals surface area contributed by atoms with Crippen LogP contribution in [-0.4, -0.2) is 20.6 Å². The van der Waals surface area contributed by atoms with E-state index in [0.717, 1.165) is 0 Å². The van der Waals surface area contributed by atoms with E-state index in [0.29, 0.717) is 11.0 Å². The van der Waals surface area contributed by atoms with Gasteiger partial charge in [0.2, 0.25) is 0 Å². The number of benzene rings is 2. The molecule has 1 aliphatic rings. The summed E-state index contributed by atoms with van der Waals surface area (Å²) in [5.74, 6) is -1.06. The van der Waals surface area contributed by atoms with Gasteiger partial charge in [-0.05, 0) is 29.2 Å². The molecule has 0 spiro atoms. The highest BCUT2D eigenvalue weighted by Gasteiger charge is 2.29. The highest BCUT2D eigenvalue weighted by molar-refractivity contribution is 7.90. The van der Waals surface area contributed by atoms with Crippen LogP contribution in [0.2, 0.25) is 0 Å². The first-order valence-electron chi connectivity index (χ1n) is 6.36. The van der Waals surface area contributed by atoms with E-state index in [2.05, 4.69) is 0 Å². The summed E-state index contributed by atoms with van der Waals surface area (Å²) >= 11 is 0. The third-order valence-electron chi connectivity index (χ3n) is 3.42. The van der Waals surface area contributed by atoms with Gasteiger partial charge in [0, 0.05) is 5.56 Å². The molecule has 0 saturated carbocycles. The molecule has 1 heterocycles. The highest BCUT2D eigenvalue weighted by atomic mass is 32.2. The quantitative estimate of drug-likeness (QED) is 0.860. The standard InChI is InChI=1S/C14H12BFO4S/c16-14-7-10-8-20-15(17)13(10)6-11(14)9-21(18,19)12-4-2-1-3-5-12/h1-7,17H,8-9H2. The Bertz CT molecular complexity index is 777. The van der Waals surface area contributed by atoms with Crippen molar-refractivity contribution >= 4 is 22.4 Å². The van der Waals surface area contributed by atoms with Gasteiger partial charge in [0.15, 0.2) is 9.84 Å². The molecule has 21 heavy (non-hydrogen) atoms. The smallest absolute Gasteiger partial charge is 0.423 e. The molecule has 0 amide bonds. The molecule has 0 atom stereocenters. The van der Waals surface area contributed by atoms with Gasteiger partial charge in [0.1, 0.15) is 5.82 Å². The number of fused-ring (bicyclic) bond motifs is 1. The molecule has 0 saturated heterocycles. The van der Waals surface area contributed by atoms with Gasteiger partial charge in [0.25, 0.3) is 0 Å². The molecule has 108 valence electrons. The van der Waals surface area contributed by atoms with E-state index < -0.39 is 28.5 Å². The molecule has 0 radical (unpaired) electrons. The van der Waals surface area contributed by atoms with Gasteiger partial charge >= 0.3 is 7.12 Å². The molecule has 0 unspecified atom stereocenters. The van der Waals surface area contributed by atoms with E-state index in [1.165, 1.54) is 24.3 Å². The van der Waals surface area contributed by atoms with Crippen molar-refractivity contribution < 1.29 is 22.5 Å². The lowest BCUT2D eigenvalue weighted by atomic mass is 9.79. The van der Waals surface area contributed by atoms with Crippen LogP contribution in [-0.2, 0) is 26.9 Å². The summed E-state index contributed by atoms with van der Waals surface area (Å²) < 4.78 is 43.6. The molecule has 3 rings (SSSR count). The fourth-order valence-electron chi connectivity index (χ4n) is 2.32. The minimum atomic E-state index is -3.63. The summed E-state index contributed by atoms with van der Waals surface area (Å²) in [5.41, 5.74) is 0.998. The second kappa shape index (κ2) is 5.25. The van der Waals surface area contributed by atoms with Gasteiger partial charge in [-0.15, -0.1) is 0 Å². The topological polar surface area (TPSA) is 63.6 Å². The lowest BCUT2D eigenvalue weighted by Crippen LogP contribution is -2.29. The molecule has 2 aromatic carbocycles. The minimum Gasteiger partial charge on any atom is -0.423 e. The molecular formula is C14H12BFO4S. The molecule has 0 fully saturated rings. The van der Waals surface area contributed by atoms with Gasteiger partial charge in [-0.2, -0.15) is 0 Å². The zero-order valence-electron chi connectivity index (χ0n) is 11.0. The number of halogens is 1. The molecule has 2 aromatic rings. The van der Waals surface area contributed by atoms with E-state index in [1.807, 2.05) is 0 Å². The molecule has 0 bridgehead atoms. The summed E-state index contributed by atoms with van der Waals surface area (Å²) in [5, 5.41) is 9.62. The Morgan fingerprint density at radius 1 is 1.24 bits per heavy atom. The van der Waals surface area contributed by atoms with E-state index in [1.54, 1.807) is 18.2 Å². The number of sulfone groups is 1. The Labute approximate surface area is 122 Å². The first-order valence-corrected chi connectivity index (χ1v) is 8.01. The SMILES string of the molecule is O=S(=O)(Cc1cc2c(cc1F)COB2O)c1ccccc1. The summed E-state index contributed by atoms with van der Waals surface area (Å²) in [6, 6.07) is 10.5. The van der Waals surface area contributed by atoms with Crippen molar-refractivity contribution in [2.24, 2.45) is 0 Å². The Kier molecular flexibility index (Phi) is 3.56. The average molecular weight is 306 g/mol. The lowest BCUT2D eigenvalue weighted by molar-refractivity contribution is 0.275. The molecule has 1 aliphatic heterocycles. The second-order valence-electron chi connectivity index (χ2n) is 4.88. The van der Waals surface area contributed by atoms with E-state index in [-0.39, 0.29) is 17.1 Å². The van der Waals surface area contributed by atoms with Crippen LogP contribution < -0.4 is 5.46 Å². The van der Waals surface area contributed by atoms with Crippen molar-refractivity contribution in [3.05, 3.63) is 59.4 Å². The van der Waals surface area contributed by atoms with Crippen molar-refractivity contribution in [1.82, 2.24) is 0 Å². The van der Waals surface area contributed by atoms with E-state index in [4.69, 9.17) is 4.65 Å². The van der Waals surface area contributed by atoms with Gasteiger partial charge in [-0.3, -0.25) is 0 Å². The Morgan fingerprint density at radius 2 is 1.95 bits per heavy atom. The maximum Gasteiger partial charge on any atom is 0.491 e. The largest absolute Gasteiger partial charge is 0.491 e. The zero-order chi connectivity index (χ0) is 15.0. The van der Waals surface area contributed by atoms with Gasteiger partial charge in [-0.1, -0.05) is 24.3 Å². The van der Waals surface area contributed by atoms with Gasteiger partial charge in [-0.25, -0.2) is 12.8 Å². The zero-order valence-corrected chi connectivity index (χ0v) is 11.8. The van der Waals surface area contributed by atoms with Crippen LogP contribution >= 0.6 is 0 Å². The van der Waals surface area contributed by atoms with Crippen LogP contribution in [0, 0.1) is 5.82 Å². The fourth-order valence-corrected chi connectivity index (χ4v) is 3.69. The molecular weight excluding hydrogens is 294 g/mol. The average Bonchev–Trinajstić information content (AvgIpc) is 2.81. The summed E-state index contributed by atoms with van der Waals surface area (Å²) in [7, 11) is -4.76. The van der Waals surface area contributed by atoms with E-state index >= 15 is 0 Å². The summed E-state index contributed by atoms with van der Waals surface area (Å²) in [4.78, 5) is 0.140. The second-order valence-corrected chi connectivity index (χ2v) is 6.87. The van der Waals surface area contributed by atoms with Crippen LogP contribution in [0.3, 0.4) is 0 Å². The maximum atomic E-state index is 14.0. The van der Waals surface area contributed by atoms with Crippen LogP contribution in [0.4, 0.5) is 4.39 Å². The van der Waals surface area contributed by atoms with Crippen molar-refractivity contribution in [3.63, 3.8) is 0 Å². The first kappa shape index (κ1) is 14.3. The van der Waals surface area contributed by atoms with Crippen LogP contribution in [0.1, 0.15) is 11.1 Å². The Balaban J connectivity index is 1.98. The molecule has 4 nitrogen and oxygen atoms in total. The lowest BCUT2D eigenvalue weighted by Gasteiger charge is -2.08. The monoisotopic (exact) mass is 306 g/mol. The normalized spacial score (nSPS) is 14.3. The van der Waals surface area contributed by atoms with Crippen molar-refractivity contribution in [1.29, 1.82) is 0 Å². The molecule has 0 aromatic heterocycles. The van der Waals surface area contributed by atoms with Crippen LogP contribution in [0.5, 0.6) is 0 Å². The molecule has 1 N–H and O–H groups in total. The summed E-state index contributed by atoms with van der Waals surface area (Å²) in [6.07, 6.45) is 0. The van der Waals surface area contributed by atoms with Crippen molar-refractivity contribution in [2.45, 2.75) is 17.3 Å². The van der Waals surface area contributed by atoms with Gasteiger partial charge in [0.05, 0.1) is 17.3 Å². The number of rotatable bonds is 3. The fraction of sp³-hybridized carbons (Fsp3) is 0.143.